The molecule has 598 valence electrons. The molecule has 0 spiro atoms. The Kier molecular flexibility index (Phi) is 92.6. The number of phenols is 6. The Morgan fingerprint density at radius 1 is 0.538 bits per heavy atom. The van der Waals surface area contributed by atoms with Gasteiger partial charge >= 0.3 is 129 Å². The predicted octanol–water partition coefficient (Wildman–Crippen LogP) is 12.5. The largest absolute Gasteiger partial charge is 1.00 e. The van der Waals surface area contributed by atoms with E-state index in [4.69, 9.17) is 57.1 Å². The number of terminal acetylenes is 1. The van der Waals surface area contributed by atoms with Crippen molar-refractivity contribution in [2.24, 2.45) is 0 Å². The number of hydrogen-bond donors (Lipinski definition) is 8. The first-order chi connectivity index (χ1) is 47.2. The zero-order valence-corrected chi connectivity index (χ0v) is 66.8. The molecular formula is C76H130Cl2ILiN2O22. The molecule has 0 bridgehead atoms. The molecule has 0 unspecified atom stereocenters. The van der Waals surface area contributed by atoms with Crippen molar-refractivity contribution in [2.45, 2.75) is 177 Å². The van der Waals surface area contributed by atoms with Crippen LogP contribution in [0.5, 0.6) is 34.5 Å². The summed E-state index contributed by atoms with van der Waals surface area (Å²) >= 11 is 9.07. The van der Waals surface area contributed by atoms with Crippen LogP contribution in [0, 0.1) is 12.3 Å². The Balaban J connectivity index is -0.000000144. The van der Waals surface area contributed by atoms with Crippen LogP contribution in [-0.2, 0) is 47.5 Å². The Hall–Kier alpha value is -5.95. The number of ether oxygens (including phenoxy) is 7. The molecule has 2 aliphatic heterocycles. The zero-order valence-electron chi connectivity index (χ0n) is 63.1. The number of methoxy groups -OCH3 is 2. The number of anilines is 1. The van der Waals surface area contributed by atoms with Gasteiger partial charge in [0.05, 0.1) is 83.9 Å². The fourth-order valence-corrected chi connectivity index (χ4v) is 15.3. The summed E-state index contributed by atoms with van der Waals surface area (Å²) in [6.45, 7) is 20.2. The van der Waals surface area contributed by atoms with Crippen molar-refractivity contribution >= 4 is 98.9 Å². The molecule has 24 nitrogen and oxygen atoms in total. The van der Waals surface area contributed by atoms with Gasteiger partial charge in [-0.05, 0) is 113 Å². The summed E-state index contributed by atoms with van der Waals surface area (Å²) in [5, 5.41) is 78.6. The number of fused-ring (bicyclic) bond motifs is 6. The van der Waals surface area contributed by atoms with E-state index in [0.717, 1.165) is 71.4 Å². The Morgan fingerprint density at radius 3 is 1.07 bits per heavy atom. The molecule has 0 radical (unpaired) electrons. The van der Waals surface area contributed by atoms with Gasteiger partial charge in [0.1, 0.15) is 0 Å². The van der Waals surface area contributed by atoms with Crippen LogP contribution in [0.15, 0.2) is 85.6 Å². The number of pyridine rings is 1. The summed E-state index contributed by atoms with van der Waals surface area (Å²) in [6, 6.07) is 12.0. The average molecular weight is 1630 g/mol. The number of carbonyl (C=O) groups excluding carboxylic acids is 2. The third-order valence-corrected chi connectivity index (χ3v) is 20.4. The molecule has 28 heteroatoms. The molecule has 2 aliphatic rings. The van der Waals surface area contributed by atoms with E-state index in [9.17, 15) is 45.0 Å². The number of nitrogens with zero attached hydrogens (tertiary/aromatic N) is 2. The van der Waals surface area contributed by atoms with Gasteiger partial charge in [-0.25, -0.2) is 14.4 Å². The standard InChI is InChI=1S/C18H12O6.C12H27I.C10H18O3.C9H16O3.C7H10N2.C6H14O.C4H8O2.C4H4O2.C4H8O.CH2Cl2.CH4.Li.4H2O/c19-13-1-7-8(2-14(13)20)10-4-17(23)18(24)6-12(10)11-5-16(22)15(21)3-9(7)11;1-4-7-10-13(11-8-5-2)12-9-6-3;1-3-4-5-6-8-13-9-7-10(11)12-2;1-2-3-4-5-7-12-8-6-9(10)11;1-9(2)7-3-5-8-6-4-7;1-2-3-4-5-6-7;1-2-6-4-3-5-1;1-3-4(5)6-2;1-2-4-5-3-1;2-1-3;;;;;;/h1-6,19-24H;4-12H2,1-3H3;7,9H,3-6,8H2,1-2H3;6,8H,2-5,7H2,1H3,(H,10,11);3-6H,1-2H3;7H,2-6H2,1H3;1-4H2;1H,2H3;1-4H2;1H2;1H4;;4*1H2/q;;;;;;;;;;;+1;;;;/p-1/b;;9-7+;8-6+;;;;;;;;;;;;. The van der Waals surface area contributed by atoms with Crippen molar-refractivity contribution < 1.29 is 129 Å². The molecule has 4 aromatic carbocycles. The maximum atomic E-state index is 10.6. The second kappa shape index (κ2) is 82.7. The number of phenolic OH excluding ortho intramolecular Hbond substituents is 6. The van der Waals surface area contributed by atoms with Gasteiger partial charge in [-0.3, -0.25) is 4.98 Å². The molecule has 0 saturated carbocycles. The van der Waals surface area contributed by atoms with Crippen molar-refractivity contribution in [3.8, 4) is 46.8 Å². The topological polar surface area (TPSA) is 418 Å². The number of esters is 2. The number of halogens is 3. The SMILES string of the molecule is C.C#CC(=O)OC.C1CCOC1.C1COCCO1.CCCCCCO.CCCCCCO/C=C/C(=O)O.CCCCCCO/C=C/C(=O)OC.CCCCI(CCCC)CCCC.CN(C)c1ccncc1.ClCCl.O.O.O.Oc1cc2c3cc(O)c(O)cc3c3cc(O)c(O)cc3c2cc1O.[Li+].[OH-]. The Morgan fingerprint density at radius 2 is 0.846 bits per heavy atom. The van der Waals surface area contributed by atoms with Gasteiger partial charge in [0.25, 0.3) is 0 Å². The molecule has 15 N–H and O–H groups in total. The number of alkyl halides is 5. The van der Waals surface area contributed by atoms with E-state index in [1.165, 1.54) is 178 Å². The van der Waals surface area contributed by atoms with E-state index in [-0.39, 0.29) is 94.0 Å². The smallest absolute Gasteiger partial charge is 0.870 e. The van der Waals surface area contributed by atoms with Crippen LogP contribution in [0.4, 0.5) is 5.69 Å². The fourth-order valence-electron chi connectivity index (χ4n) is 8.15. The van der Waals surface area contributed by atoms with Crippen molar-refractivity contribution in [3.63, 3.8) is 0 Å². The molecule has 0 aliphatic carbocycles. The van der Waals surface area contributed by atoms with Crippen LogP contribution in [0.3, 0.4) is 0 Å². The van der Waals surface area contributed by atoms with Crippen LogP contribution in [-0.4, -0.2) is 192 Å². The number of hydrogen-bond acceptors (Lipinski definition) is 20. The van der Waals surface area contributed by atoms with Gasteiger partial charge in [-0.1, -0.05) is 86.0 Å². The van der Waals surface area contributed by atoms with Crippen LogP contribution in [0.25, 0.3) is 32.3 Å². The second-order valence-corrected chi connectivity index (χ2v) is 29.1. The number of unbranched alkanes of at least 4 members (excludes halogenated alkanes) is 12. The van der Waals surface area contributed by atoms with Gasteiger partial charge in [0, 0.05) is 57.9 Å². The van der Waals surface area contributed by atoms with Gasteiger partial charge in [0.15, 0.2) is 34.5 Å². The molecule has 1 aromatic heterocycles. The third kappa shape index (κ3) is 63.3. The molecule has 2 fully saturated rings. The maximum Gasteiger partial charge on any atom is 1.00 e. The molecular weight excluding hydrogens is 1500 g/mol. The minimum Gasteiger partial charge on any atom is -0.870 e. The molecule has 2 saturated heterocycles. The summed E-state index contributed by atoms with van der Waals surface area (Å²) in [6.07, 6.45) is 38.3. The second-order valence-electron chi connectivity index (χ2n) is 21.8. The van der Waals surface area contributed by atoms with Crippen molar-refractivity contribution in [2.75, 3.05) is 111 Å². The van der Waals surface area contributed by atoms with E-state index >= 15 is 0 Å². The van der Waals surface area contributed by atoms with Gasteiger partial charge in [-0.15, -0.1) is 29.6 Å². The molecule has 104 heavy (non-hydrogen) atoms. The predicted molar refractivity (Wildman–Crippen MR) is 429 cm³/mol. The monoisotopic (exact) mass is 1630 g/mol. The van der Waals surface area contributed by atoms with Crippen molar-refractivity contribution in [1.82, 2.24) is 4.98 Å². The quantitative estimate of drug-likeness (QED) is 0.00197. The van der Waals surface area contributed by atoms with E-state index in [1.54, 1.807) is 31.6 Å². The first kappa shape index (κ1) is 116. The number of aliphatic hydroxyl groups excluding tert-OH is 1. The Bertz CT molecular complexity index is 2580. The summed E-state index contributed by atoms with van der Waals surface area (Å²) < 4.78 is 38.2. The molecule has 5 aromatic rings. The van der Waals surface area contributed by atoms with Crippen LogP contribution >= 0.6 is 43.0 Å². The summed E-state index contributed by atoms with van der Waals surface area (Å²) in [4.78, 5) is 36.2. The van der Waals surface area contributed by atoms with Crippen LogP contribution < -0.4 is 23.8 Å². The number of carbonyl (C=O) groups is 3. The van der Waals surface area contributed by atoms with Gasteiger partial charge in [0.2, 0.25) is 0 Å². The normalized spacial score (nSPS) is 11.1. The number of carboxylic acid groups (broad SMARTS) is 1. The number of aromatic nitrogens is 1. The first-order valence-corrected chi connectivity index (χ1v) is 39.6. The summed E-state index contributed by atoms with van der Waals surface area (Å²) in [5.74, 6) is -2.23. The van der Waals surface area contributed by atoms with E-state index in [0.29, 0.717) is 52.1 Å². The average Bonchev–Trinajstić information content (AvgIpc) is 0.939. The molecule has 7 rings (SSSR count). The minimum absolute atomic E-state index is 0. The third-order valence-electron chi connectivity index (χ3n) is 13.6. The van der Waals surface area contributed by atoms with Gasteiger partial charge < -0.3 is 101 Å². The Labute approximate surface area is 649 Å². The van der Waals surface area contributed by atoms with Crippen LogP contribution in [0.1, 0.15) is 177 Å². The maximum absolute atomic E-state index is 10.6. The zero-order chi connectivity index (χ0) is 74.0. The van der Waals surface area contributed by atoms with Crippen molar-refractivity contribution in [3.05, 3.63) is 85.6 Å². The molecule has 0 atom stereocenters. The number of aliphatic hydroxyl groups is 1. The number of aromatic hydroxyl groups is 6. The molecule has 0 amide bonds. The molecule has 3 heterocycles. The van der Waals surface area contributed by atoms with Crippen molar-refractivity contribution in [1.29, 1.82) is 0 Å². The van der Waals surface area contributed by atoms with E-state index in [2.05, 4.69) is 62.4 Å². The number of aliphatic carboxylic acids is 1. The van der Waals surface area contributed by atoms with E-state index in [1.807, 2.05) is 31.1 Å². The first-order valence-electron chi connectivity index (χ1n) is 34.0. The number of benzene rings is 4. The minimum atomic E-state index is -0.969. The fraction of sp³-hybridized carbons (Fsp3) is 0.579. The summed E-state index contributed by atoms with van der Waals surface area (Å²) in [7, 11) is 6.60. The summed E-state index contributed by atoms with van der Waals surface area (Å²) in [5.41, 5.74) is 1.19. The number of carboxylic acids is 1. The number of rotatable bonds is 28. The van der Waals surface area contributed by atoms with Crippen LogP contribution in [0.2, 0.25) is 0 Å². The van der Waals surface area contributed by atoms with Gasteiger partial charge in [-0.2, -0.15) is 0 Å². The van der Waals surface area contributed by atoms with E-state index < -0.39 is 31.8 Å².